The highest BCUT2D eigenvalue weighted by molar-refractivity contribution is 7.90. The molecule has 0 saturated carbocycles. The zero-order chi connectivity index (χ0) is 26.9. The zero-order valence-electron chi connectivity index (χ0n) is 22.4. The predicted molar refractivity (Wildman–Crippen MR) is 148 cm³/mol. The highest BCUT2D eigenvalue weighted by atomic mass is 32.2. The van der Waals surface area contributed by atoms with Gasteiger partial charge in [-0.1, -0.05) is 59.3 Å². The van der Waals surface area contributed by atoms with E-state index in [0.717, 1.165) is 37.1 Å². The molecule has 1 aliphatic heterocycles. The predicted octanol–water partition coefficient (Wildman–Crippen LogP) is 5.16. The number of nitrogen functional groups attached to an aromatic ring is 1. The molecule has 1 fully saturated rings. The number of nitrogens with one attached hydrogen (secondary N) is 1. The van der Waals surface area contributed by atoms with E-state index in [1.165, 1.54) is 18.2 Å². The number of nitrogens with zero attached hydrogens (tertiary/aromatic N) is 3. The molecule has 1 aliphatic rings. The molecular weight excluding hydrogens is 474 g/mol. The number of hydrogen-bond acceptors (Lipinski definition) is 7. The molecule has 2 aromatic heterocycles. The summed E-state index contributed by atoms with van der Waals surface area (Å²) in [4.78, 5) is 24.7. The minimum absolute atomic E-state index is 0. The van der Waals surface area contributed by atoms with Crippen LogP contribution in [0.4, 0.5) is 11.6 Å². The standard InChI is InChI=1S/C27H39N5O3S.H2/c1-8-9-10-12-19-15-20(25(33)31-36(34,35)22-14-11-13-21(28)29-22)24(30-23(19)26(3,4)5)32-17-18(2)16-27(32,6)7;/h10-15,18H,8-9,16-17H2,1-7H3,(H2,28,29)(H,31,33);1H/b12-10+;/t18-;/m0./s1. The summed E-state index contributed by atoms with van der Waals surface area (Å²) in [7, 11) is -4.24. The lowest BCUT2D eigenvalue weighted by Gasteiger charge is -2.35. The minimum atomic E-state index is -4.24. The van der Waals surface area contributed by atoms with Crippen molar-refractivity contribution in [2.45, 2.75) is 83.7 Å². The molecule has 0 radical (unpaired) electrons. The van der Waals surface area contributed by atoms with Crippen LogP contribution in [0.2, 0.25) is 0 Å². The lowest BCUT2D eigenvalue weighted by atomic mass is 9.87. The van der Waals surface area contributed by atoms with Crippen molar-refractivity contribution in [2.75, 3.05) is 17.2 Å². The fourth-order valence-electron chi connectivity index (χ4n) is 4.77. The van der Waals surface area contributed by atoms with Crippen molar-refractivity contribution in [3.05, 3.63) is 47.2 Å². The molecule has 8 nitrogen and oxygen atoms in total. The van der Waals surface area contributed by atoms with Crippen molar-refractivity contribution < 1.29 is 14.6 Å². The number of amides is 1. The molecule has 0 unspecified atom stereocenters. The van der Waals surface area contributed by atoms with Crippen LogP contribution < -0.4 is 15.4 Å². The average molecular weight is 516 g/mol. The lowest BCUT2D eigenvalue weighted by molar-refractivity contribution is 0.0981. The Kier molecular flexibility index (Phi) is 7.83. The molecule has 2 aromatic rings. The van der Waals surface area contributed by atoms with E-state index in [-0.39, 0.29) is 28.8 Å². The molecule has 3 N–H and O–H groups in total. The summed E-state index contributed by atoms with van der Waals surface area (Å²) in [5.74, 6) is 0.205. The minimum Gasteiger partial charge on any atom is -0.384 e. The van der Waals surface area contributed by atoms with E-state index < -0.39 is 15.9 Å². The molecule has 3 rings (SSSR count). The summed E-state index contributed by atoms with van der Waals surface area (Å²) in [6, 6.07) is 6.04. The second-order valence-electron chi connectivity index (χ2n) is 11.3. The smallest absolute Gasteiger partial charge is 0.281 e. The van der Waals surface area contributed by atoms with E-state index in [1.807, 2.05) is 6.08 Å². The Balaban J connectivity index is 0.00000481. The van der Waals surface area contributed by atoms with Gasteiger partial charge in [-0.15, -0.1) is 0 Å². The van der Waals surface area contributed by atoms with E-state index in [4.69, 9.17) is 10.7 Å². The maximum atomic E-state index is 13.6. The van der Waals surface area contributed by atoms with Gasteiger partial charge < -0.3 is 10.6 Å². The average Bonchev–Trinajstić information content (AvgIpc) is 3.04. The number of allylic oxidation sites excluding steroid dienone is 1. The molecule has 198 valence electrons. The van der Waals surface area contributed by atoms with Gasteiger partial charge in [-0.25, -0.2) is 14.7 Å². The van der Waals surface area contributed by atoms with Gasteiger partial charge in [0.1, 0.15) is 11.6 Å². The lowest BCUT2D eigenvalue weighted by Crippen LogP contribution is -2.41. The molecule has 9 heteroatoms. The first-order chi connectivity index (χ1) is 16.7. The molecule has 1 amide bonds. The van der Waals surface area contributed by atoms with Crippen molar-refractivity contribution in [1.82, 2.24) is 14.7 Å². The number of carbonyl (C=O) groups is 1. The summed E-state index contributed by atoms with van der Waals surface area (Å²) < 4.78 is 28.2. The summed E-state index contributed by atoms with van der Waals surface area (Å²) in [5, 5.41) is -0.310. The Morgan fingerprint density at radius 1 is 1.31 bits per heavy atom. The Morgan fingerprint density at radius 3 is 2.56 bits per heavy atom. The number of nitrogens with two attached hydrogens (primary N) is 1. The maximum absolute atomic E-state index is 13.6. The Labute approximate surface area is 216 Å². The highest BCUT2D eigenvalue weighted by Gasteiger charge is 2.40. The third kappa shape index (κ3) is 6.06. The molecule has 36 heavy (non-hydrogen) atoms. The van der Waals surface area contributed by atoms with Crippen molar-refractivity contribution in [2.24, 2.45) is 5.92 Å². The van der Waals surface area contributed by atoms with Crippen LogP contribution in [0.1, 0.15) is 90.8 Å². The van der Waals surface area contributed by atoms with Gasteiger partial charge in [-0.05, 0) is 56.4 Å². The quantitative estimate of drug-likeness (QED) is 0.523. The van der Waals surface area contributed by atoms with Crippen LogP contribution in [0.5, 0.6) is 0 Å². The van der Waals surface area contributed by atoms with Crippen LogP contribution in [-0.2, 0) is 15.4 Å². The Morgan fingerprint density at radius 2 is 2.00 bits per heavy atom. The number of aromatic nitrogens is 2. The third-order valence-corrected chi connectivity index (χ3v) is 7.55. The van der Waals surface area contributed by atoms with Crippen molar-refractivity contribution >= 4 is 33.6 Å². The van der Waals surface area contributed by atoms with Gasteiger partial charge in [0.05, 0.1) is 11.3 Å². The number of unbranched alkanes of at least 4 members (excludes halogenated alkanes) is 1. The summed E-state index contributed by atoms with van der Waals surface area (Å²) in [6.07, 6.45) is 6.85. The Hall–Kier alpha value is -2.94. The molecule has 0 aliphatic carbocycles. The number of pyridine rings is 2. The summed E-state index contributed by atoms with van der Waals surface area (Å²) in [6.45, 7) is 15.5. The van der Waals surface area contributed by atoms with Crippen LogP contribution in [0.3, 0.4) is 0 Å². The van der Waals surface area contributed by atoms with Gasteiger partial charge in [-0.2, -0.15) is 8.42 Å². The van der Waals surface area contributed by atoms with E-state index in [9.17, 15) is 13.2 Å². The van der Waals surface area contributed by atoms with E-state index >= 15 is 0 Å². The normalized spacial score (nSPS) is 18.1. The number of carbonyl (C=O) groups excluding carboxylic acids is 1. The largest absolute Gasteiger partial charge is 0.384 e. The van der Waals surface area contributed by atoms with Gasteiger partial charge in [0.15, 0.2) is 5.03 Å². The van der Waals surface area contributed by atoms with Crippen LogP contribution >= 0.6 is 0 Å². The van der Waals surface area contributed by atoms with Crippen LogP contribution in [0.25, 0.3) is 6.08 Å². The topological polar surface area (TPSA) is 118 Å². The molecule has 0 aromatic carbocycles. The number of anilines is 2. The summed E-state index contributed by atoms with van der Waals surface area (Å²) >= 11 is 0. The maximum Gasteiger partial charge on any atom is 0.281 e. The van der Waals surface area contributed by atoms with Crippen LogP contribution in [-0.4, -0.2) is 36.4 Å². The molecular formula is C27H41N5O3S. The van der Waals surface area contributed by atoms with E-state index in [0.29, 0.717) is 11.7 Å². The number of sulfonamides is 1. The van der Waals surface area contributed by atoms with E-state index in [1.54, 1.807) is 6.07 Å². The van der Waals surface area contributed by atoms with Gasteiger partial charge in [0.25, 0.3) is 15.9 Å². The van der Waals surface area contributed by atoms with Gasteiger partial charge >= 0.3 is 0 Å². The van der Waals surface area contributed by atoms with Gasteiger partial charge in [-0.3, -0.25) is 4.79 Å². The molecule has 0 spiro atoms. The molecule has 3 heterocycles. The highest BCUT2D eigenvalue weighted by Crippen LogP contribution is 2.39. The first-order valence-electron chi connectivity index (χ1n) is 12.4. The number of hydrogen-bond donors (Lipinski definition) is 2. The second kappa shape index (κ2) is 10.2. The van der Waals surface area contributed by atoms with Crippen molar-refractivity contribution in [1.29, 1.82) is 0 Å². The zero-order valence-corrected chi connectivity index (χ0v) is 23.2. The first-order valence-corrected chi connectivity index (χ1v) is 13.9. The Bertz CT molecular complexity index is 1270. The molecule has 1 saturated heterocycles. The summed E-state index contributed by atoms with van der Waals surface area (Å²) in [5.41, 5.74) is 7.01. The van der Waals surface area contributed by atoms with Crippen LogP contribution in [0, 0.1) is 5.92 Å². The second-order valence-corrected chi connectivity index (χ2v) is 12.9. The van der Waals surface area contributed by atoms with Crippen molar-refractivity contribution in [3.8, 4) is 0 Å². The van der Waals surface area contributed by atoms with E-state index in [2.05, 4.69) is 69.1 Å². The molecule has 1 atom stereocenters. The fourth-order valence-corrected chi connectivity index (χ4v) is 5.71. The fraction of sp³-hybridized carbons (Fsp3) is 0.519. The number of rotatable bonds is 7. The molecule has 0 bridgehead atoms. The first kappa shape index (κ1) is 27.6. The van der Waals surface area contributed by atoms with Crippen molar-refractivity contribution in [3.63, 3.8) is 0 Å². The SMILES string of the molecule is CCC/C=C/c1cc(C(=O)NS(=O)(=O)c2cccc(N)n2)c(N2C[C@@H](C)CC2(C)C)nc1C(C)(C)C.[HH]. The van der Waals surface area contributed by atoms with Gasteiger partial charge in [0.2, 0.25) is 0 Å². The third-order valence-electron chi connectivity index (χ3n) is 6.32. The monoisotopic (exact) mass is 515 g/mol. The van der Waals surface area contributed by atoms with Gasteiger partial charge in [0, 0.05) is 18.9 Å². The van der Waals surface area contributed by atoms with Crippen LogP contribution in [0.15, 0.2) is 35.4 Å².